The molecule has 0 saturated carbocycles. The second-order valence-electron chi connectivity index (χ2n) is 5.14. The van der Waals surface area contributed by atoms with Crippen molar-refractivity contribution < 1.29 is 4.74 Å². The molecule has 2 heterocycles. The number of nitrogens with zero attached hydrogens (tertiary/aromatic N) is 3. The van der Waals surface area contributed by atoms with Gasteiger partial charge < -0.3 is 15.4 Å². The molecule has 0 aliphatic rings. The SMILES string of the molecule is CCC(CC)N(CCOC)c1nc(N)nc2sc(C)cc12. The van der Waals surface area contributed by atoms with E-state index in [2.05, 4.69) is 41.7 Å². The Labute approximate surface area is 130 Å². The highest BCUT2D eigenvalue weighted by atomic mass is 32.1. The monoisotopic (exact) mass is 308 g/mol. The molecule has 21 heavy (non-hydrogen) atoms. The van der Waals surface area contributed by atoms with Crippen molar-refractivity contribution in [1.29, 1.82) is 0 Å². The summed E-state index contributed by atoms with van der Waals surface area (Å²) in [4.78, 5) is 13.4. The third-order valence-electron chi connectivity index (χ3n) is 3.70. The lowest BCUT2D eigenvalue weighted by atomic mass is 10.1. The van der Waals surface area contributed by atoms with Gasteiger partial charge in [0, 0.05) is 24.6 Å². The van der Waals surface area contributed by atoms with E-state index in [4.69, 9.17) is 10.5 Å². The van der Waals surface area contributed by atoms with Crippen LogP contribution in [-0.4, -0.2) is 36.3 Å². The van der Waals surface area contributed by atoms with Crippen molar-refractivity contribution in [2.45, 2.75) is 39.7 Å². The molecule has 0 amide bonds. The predicted octanol–water partition coefficient (Wildman–Crippen LogP) is 3.22. The number of aryl methyl sites for hydroxylation is 1. The molecule has 2 N–H and O–H groups in total. The van der Waals surface area contributed by atoms with Gasteiger partial charge in [-0.15, -0.1) is 11.3 Å². The highest BCUT2D eigenvalue weighted by molar-refractivity contribution is 7.18. The quantitative estimate of drug-likeness (QED) is 0.851. The van der Waals surface area contributed by atoms with Gasteiger partial charge in [0.25, 0.3) is 0 Å². The molecule has 2 aromatic rings. The van der Waals surface area contributed by atoms with Crippen LogP contribution in [-0.2, 0) is 4.74 Å². The first-order valence-electron chi connectivity index (χ1n) is 7.39. The van der Waals surface area contributed by atoms with Gasteiger partial charge in [-0.2, -0.15) is 4.98 Å². The summed E-state index contributed by atoms with van der Waals surface area (Å²) in [5.74, 6) is 1.28. The first-order chi connectivity index (χ1) is 10.1. The van der Waals surface area contributed by atoms with E-state index in [1.54, 1.807) is 18.4 Å². The lowest BCUT2D eigenvalue weighted by molar-refractivity contribution is 0.202. The standard InChI is InChI=1S/C15H24N4OS/c1-5-11(6-2)19(7-8-20-4)13-12-9-10(3)21-14(12)18-15(16)17-13/h9,11H,5-8H2,1-4H3,(H2,16,17,18). The van der Waals surface area contributed by atoms with Crippen LogP contribution in [0.15, 0.2) is 6.07 Å². The molecule has 0 radical (unpaired) electrons. The van der Waals surface area contributed by atoms with E-state index in [0.717, 1.165) is 35.4 Å². The van der Waals surface area contributed by atoms with Crippen molar-refractivity contribution in [3.63, 3.8) is 0 Å². The number of aromatic nitrogens is 2. The van der Waals surface area contributed by atoms with E-state index in [0.29, 0.717) is 18.6 Å². The lowest BCUT2D eigenvalue weighted by Crippen LogP contribution is -2.38. The largest absolute Gasteiger partial charge is 0.383 e. The summed E-state index contributed by atoms with van der Waals surface area (Å²) in [6.45, 7) is 7.97. The van der Waals surface area contributed by atoms with Gasteiger partial charge in [0.2, 0.25) is 5.95 Å². The van der Waals surface area contributed by atoms with Gasteiger partial charge in [-0.1, -0.05) is 13.8 Å². The molecule has 0 saturated heterocycles. The van der Waals surface area contributed by atoms with E-state index in [-0.39, 0.29) is 0 Å². The minimum Gasteiger partial charge on any atom is -0.383 e. The van der Waals surface area contributed by atoms with Crippen molar-refractivity contribution in [3.05, 3.63) is 10.9 Å². The summed E-state index contributed by atoms with van der Waals surface area (Å²) < 4.78 is 5.27. The summed E-state index contributed by atoms with van der Waals surface area (Å²) >= 11 is 1.66. The van der Waals surface area contributed by atoms with E-state index in [1.165, 1.54) is 4.88 Å². The molecule has 0 aliphatic carbocycles. The molecule has 2 aromatic heterocycles. The second kappa shape index (κ2) is 7.04. The maximum atomic E-state index is 5.91. The van der Waals surface area contributed by atoms with Crippen LogP contribution in [0.1, 0.15) is 31.6 Å². The zero-order valence-electron chi connectivity index (χ0n) is 13.2. The maximum absolute atomic E-state index is 5.91. The molecule has 2 rings (SSSR count). The molecule has 0 aromatic carbocycles. The van der Waals surface area contributed by atoms with Gasteiger partial charge >= 0.3 is 0 Å². The van der Waals surface area contributed by atoms with Crippen LogP contribution in [0, 0.1) is 6.92 Å². The summed E-state index contributed by atoms with van der Waals surface area (Å²) in [5.41, 5.74) is 5.91. The normalized spacial score (nSPS) is 11.5. The van der Waals surface area contributed by atoms with E-state index in [1.807, 2.05) is 0 Å². The average molecular weight is 308 g/mol. The molecule has 0 atom stereocenters. The fraction of sp³-hybridized carbons (Fsp3) is 0.600. The van der Waals surface area contributed by atoms with Gasteiger partial charge in [0.15, 0.2) is 0 Å². The van der Waals surface area contributed by atoms with Gasteiger partial charge in [0.05, 0.1) is 12.0 Å². The van der Waals surface area contributed by atoms with Gasteiger partial charge in [-0.05, 0) is 25.8 Å². The number of thiophene rings is 1. The van der Waals surface area contributed by atoms with Crippen LogP contribution in [0.5, 0.6) is 0 Å². The molecular formula is C15H24N4OS. The highest BCUT2D eigenvalue weighted by Crippen LogP contribution is 2.32. The van der Waals surface area contributed by atoms with Crippen molar-refractivity contribution >= 4 is 33.3 Å². The summed E-state index contributed by atoms with van der Waals surface area (Å²) in [6.07, 6.45) is 2.13. The van der Waals surface area contributed by atoms with Crippen LogP contribution < -0.4 is 10.6 Å². The van der Waals surface area contributed by atoms with Crippen LogP contribution in [0.4, 0.5) is 11.8 Å². The Bertz CT molecular complexity index is 595. The van der Waals surface area contributed by atoms with E-state index in [9.17, 15) is 0 Å². The first-order valence-corrected chi connectivity index (χ1v) is 8.21. The molecule has 0 spiro atoms. The Kier molecular flexibility index (Phi) is 5.36. The molecule has 0 bridgehead atoms. The van der Waals surface area contributed by atoms with Crippen molar-refractivity contribution in [2.75, 3.05) is 30.9 Å². The molecule has 6 heteroatoms. The van der Waals surface area contributed by atoms with E-state index >= 15 is 0 Å². The summed E-state index contributed by atoms with van der Waals surface area (Å²) in [5, 5.41) is 1.09. The Morgan fingerprint density at radius 2 is 2.05 bits per heavy atom. The van der Waals surface area contributed by atoms with Crippen molar-refractivity contribution in [2.24, 2.45) is 0 Å². The van der Waals surface area contributed by atoms with Crippen LogP contribution in [0.2, 0.25) is 0 Å². The number of fused-ring (bicyclic) bond motifs is 1. The molecule has 116 valence electrons. The fourth-order valence-corrected chi connectivity index (χ4v) is 3.52. The number of ether oxygens (including phenoxy) is 1. The zero-order chi connectivity index (χ0) is 15.4. The first kappa shape index (κ1) is 16.0. The van der Waals surface area contributed by atoms with E-state index < -0.39 is 0 Å². The van der Waals surface area contributed by atoms with Crippen LogP contribution in [0.25, 0.3) is 10.2 Å². The second-order valence-corrected chi connectivity index (χ2v) is 6.37. The smallest absolute Gasteiger partial charge is 0.223 e. The molecule has 0 aliphatic heterocycles. The number of methoxy groups -OCH3 is 1. The predicted molar refractivity (Wildman–Crippen MR) is 90.2 cm³/mol. The number of nitrogen functional groups attached to an aromatic ring is 1. The third kappa shape index (κ3) is 3.44. The Balaban J connectivity index is 2.51. The number of hydrogen-bond donors (Lipinski definition) is 1. The van der Waals surface area contributed by atoms with Crippen molar-refractivity contribution in [3.8, 4) is 0 Å². The number of hydrogen-bond acceptors (Lipinski definition) is 6. The number of anilines is 2. The van der Waals surface area contributed by atoms with Crippen LogP contribution in [0.3, 0.4) is 0 Å². The number of nitrogens with two attached hydrogens (primary N) is 1. The highest BCUT2D eigenvalue weighted by Gasteiger charge is 2.21. The molecule has 0 fully saturated rings. The maximum Gasteiger partial charge on any atom is 0.223 e. The zero-order valence-corrected chi connectivity index (χ0v) is 14.0. The summed E-state index contributed by atoms with van der Waals surface area (Å²) in [7, 11) is 1.73. The average Bonchev–Trinajstić information content (AvgIpc) is 2.82. The fourth-order valence-electron chi connectivity index (χ4n) is 2.64. The molecule has 0 unspecified atom stereocenters. The molecule has 5 nitrogen and oxygen atoms in total. The number of rotatable bonds is 7. The van der Waals surface area contributed by atoms with Crippen molar-refractivity contribution in [1.82, 2.24) is 9.97 Å². The third-order valence-corrected chi connectivity index (χ3v) is 4.65. The summed E-state index contributed by atoms with van der Waals surface area (Å²) in [6, 6.07) is 2.58. The molecular weight excluding hydrogens is 284 g/mol. The Morgan fingerprint density at radius 3 is 2.67 bits per heavy atom. The van der Waals surface area contributed by atoms with Gasteiger partial charge in [0.1, 0.15) is 10.6 Å². The lowest BCUT2D eigenvalue weighted by Gasteiger charge is -2.32. The Hall–Kier alpha value is -1.40. The van der Waals surface area contributed by atoms with Gasteiger partial charge in [-0.25, -0.2) is 4.98 Å². The topological polar surface area (TPSA) is 64.3 Å². The van der Waals surface area contributed by atoms with Crippen LogP contribution >= 0.6 is 11.3 Å². The minimum atomic E-state index is 0.340. The van der Waals surface area contributed by atoms with Gasteiger partial charge in [-0.3, -0.25) is 0 Å². The minimum absolute atomic E-state index is 0.340. The Morgan fingerprint density at radius 1 is 1.33 bits per heavy atom.